The lowest BCUT2D eigenvalue weighted by Gasteiger charge is -2.33. The summed E-state index contributed by atoms with van der Waals surface area (Å²) < 4.78 is 23.1. The van der Waals surface area contributed by atoms with Crippen LogP contribution in [0.4, 0.5) is 0 Å². The second-order valence-electron chi connectivity index (χ2n) is 7.23. The van der Waals surface area contributed by atoms with Gasteiger partial charge in [-0.15, -0.1) is 0 Å². The standard InChI is InChI=1S/C19H30N2O3S/c1-15(16-10-12-18(13-11-16)25(4,23)24)20(2)14-19(22)21(3)17-8-6-5-7-9-17/h10-13,15,17H,5-9,14H2,1-4H3/t15-/m0/s1. The van der Waals surface area contributed by atoms with E-state index in [4.69, 9.17) is 0 Å². The topological polar surface area (TPSA) is 57.7 Å². The Morgan fingerprint density at radius 2 is 1.68 bits per heavy atom. The molecule has 1 aromatic rings. The van der Waals surface area contributed by atoms with Crippen molar-refractivity contribution in [1.29, 1.82) is 0 Å². The summed E-state index contributed by atoms with van der Waals surface area (Å²) in [5.74, 6) is 0.147. The van der Waals surface area contributed by atoms with Crippen LogP contribution in [0, 0.1) is 0 Å². The molecule has 1 fully saturated rings. The van der Waals surface area contributed by atoms with Gasteiger partial charge in [0.1, 0.15) is 0 Å². The van der Waals surface area contributed by atoms with Crippen LogP contribution in [0.25, 0.3) is 0 Å². The van der Waals surface area contributed by atoms with Crippen LogP contribution in [0.1, 0.15) is 50.6 Å². The van der Waals surface area contributed by atoms with Crippen LogP contribution in [-0.4, -0.2) is 57.1 Å². The van der Waals surface area contributed by atoms with E-state index in [1.165, 1.54) is 25.5 Å². The molecule has 5 nitrogen and oxygen atoms in total. The first-order chi connectivity index (χ1) is 11.7. The van der Waals surface area contributed by atoms with Crippen molar-refractivity contribution in [3.8, 4) is 0 Å². The lowest BCUT2D eigenvalue weighted by Crippen LogP contribution is -2.43. The van der Waals surface area contributed by atoms with E-state index in [0.29, 0.717) is 17.5 Å². The summed E-state index contributed by atoms with van der Waals surface area (Å²) in [5.41, 5.74) is 1.00. The van der Waals surface area contributed by atoms with Crippen molar-refractivity contribution in [2.24, 2.45) is 0 Å². The van der Waals surface area contributed by atoms with Gasteiger partial charge in [0.25, 0.3) is 0 Å². The van der Waals surface area contributed by atoms with Gasteiger partial charge < -0.3 is 4.90 Å². The molecule has 1 saturated carbocycles. The average molecular weight is 367 g/mol. The van der Waals surface area contributed by atoms with E-state index in [0.717, 1.165) is 18.4 Å². The van der Waals surface area contributed by atoms with E-state index in [-0.39, 0.29) is 11.9 Å². The summed E-state index contributed by atoms with van der Waals surface area (Å²) in [6.07, 6.45) is 7.11. The SMILES string of the molecule is C[C@@H](c1ccc(S(C)(=O)=O)cc1)N(C)CC(=O)N(C)C1CCCCC1. The molecule has 0 spiro atoms. The molecule has 0 heterocycles. The first kappa shape index (κ1) is 19.9. The van der Waals surface area contributed by atoms with Gasteiger partial charge in [-0.25, -0.2) is 8.42 Å². The predicted octanol–water partition coefficient (Wildman–Crippen LogP) is 2.87. The van der Waals surface area contributed by atoms with Crippen molar-refractivity contribution in [3.05, 3.63) is 29.8 Å². The summed E-state index contributed by atoms with van der Waals surface area (Å²) in [6.45, 7) is 2.39. The zero-order chi connectivity index (χ0) is 18.6. The van der Waals surface area contributed by atoms with E-state index < -0.39 is 9.84 Å². The van der Waals surface area contributed by atoms with Gasteiger partial charge in [-0.2, -0.15) is 0 Å². The Morgan fingerprint density at radius 3 is 2.20 bits per heavy atom. The maximum Gasteiger partial charge on any atom is 0.236 e. The monoisotopic (exact) mass is 366 g/mol. The van der Waals surface area contributed by atoms with Gasteiger partial charge in [0, 0.05) is 25.4 Å². The van der Waals surface area contributed by atoms with Crippen LogP contribution in [0.2, 0.25) is 0 Å². The summed E-state index contributed by atoms with van der Waals surface area (Å²) in [5, 5.41) is 0. The van der Waals surface area contributed by atoms with Crippen molar-refractivity contribution >= 4 is 15.7 Å². The van der Waals surface area contributed by atoms with Crippen molar-refractivity contribution in [1.82, 2.24) is 9.80 Å². The van der Waals surface area contributed by atoms with Gasteiger partial charge in [0.2, 0.25) is 5.91 Å². The minimum atomic E-state index is -3.18. The molecule has 0 unspecified atom stereocenters. The van der Waals surface area contributed by atoms with Gasteiger partial charge in [-0.05, 0) is 44.5 Å². The second-order valence-corrected chi connectivity index (χ2v) is 9.24. The Kier molecular flexibility index (Phi) is 6.63. The highest BCUT2D eigenvalue weighted by Crippen LogP contribution is 2.23. The molecular weight excluding hydrogens is 336 g/mol. The Balaban J connectivity index is 1.97. The molecule has 1 amide bonds. The highest BCUT2D eigenvalue weighted by atomic mass is 32.2. The highest BCUT2D eigenvalue weighted by molar-refractivity contribution is 7.90. The highest BCUT2D eigenvalue weighted by Gasteiger charge is 2.24. The molecule has 1 aliphatic carbocycles. The van der Waals surface area contributed by atoms with Crippen molar-refractivity contribution in [3.63, 3.8) is 0 Å². The van der Waals surface area contributed by atoms with Crippen molar-refractivity contribution in [2.45, 2.75) is 56.0 Å². The Hall–Kier alpha value is -1.40. The van der Waals surface area contributed by atoms with E-state index in [1.807, 2.05) is 43.0 Å². The third-order valence-electron chi connectivity index (χ3n) is 5.35. The molecule has 0 bridgehead atoms. The van der Waals surface area contributed by atoms with E-state index >= 15 is 0 Å². The molecule has 0 aliphatic heterocycles. The van der Waals surface area contributed by atoms with Crippen LogP contribution < -0.4 is 0 Å². The molecular formula is C19H30N2O3S. The number of hydrogen-bond acceptors (Lipinski definition) is 4. The normalized spacial score (nSPS) is 17.5. The van der Waals surface area contributed by atoms with Gasteiger partial charge in [0.15, 0.2) is 9.84 Å². The molecule has 1 aromatic carbocycles. The Bertz CT molecular complexity index is 679. The summed E-state index contributed by atoms with van der Waals surface area (Å²) in [6, 6.07) is 7.33. The maximum absolute atomic E-state index is 12.6. The molecule has 0 saturated heterocycles. The number of amides is 1. The van der Waals surface area contributed by atoms with Crippen LogP contribution >= 0.6 is 0 Å². The molecule has 140 valence electrons. The number of carbonyl (C=O) groups excluding carboxylic acids is 1. The number of nitrogens with zero attached hydrogens (tertiary/aromatic N) is 2. The fourth-order valence-electron chi connectivity index (χ4n) is 3.38. The Labute approximate surface area is 151 Å². The summed E-state index contributed by atoms with van der Waals surface area (Å²) in [7, 11) is 0.664. The zero-order valence-corrected chi connectivity index (χ0v) is 16.6. The fourth-order valence-corrected chi connectivity index (χ4v) is 4.01. The smallest absolute Gasteiger partial charge is 0.236 e. The second kappa shape index (κ2) is 8.32. The largest absolute Gasteiger partial charge is 0.342 e. The fraction of sp³-hybridized carbons (Fsp3) is 0.632. The van der Waals surface area contributed by atoms with Crippen LogP contribution in [0.3, 0.4) is 0 Å². The lowest BCUT2D eigenvalue weighted by molar-refractivity contribution is -0.133. The van der Waals surface area contributed by atoms with Crippen molar-refractivity contribution in [2.75, 3.05) is 26.9 Å². The number of hydrogen-bond donors (Lipinski definition) is 0. The number of sulfone groups is 1. The van der Waals surface area contributed by atoms with E-state index in [2.05, 4.69) is 0 Å². The van der Waals surface area contributed by atoms with E-state index in [9.17, 15) is 13.2 Å². The van der Waals surface area contributed by atoms with Gasteiger partial charge >= 0.3 is 0 Å². The molecule has 2 rings (SSSR count). The van der Waals surface area contributed by atoms with Crippen LogP contribution in [0.15, 0.2) is 29.2 Å². The third-order valence-corrected chi connectivity index (χ3v) is 6.48. The molecule has 6 heteroatoms. The van der Waals surface area contributed by atoms with Crippen LogP contribution in [-0.2, 0) is 14.6 Å². The Morgan fingerprint density at radius 1 is 1.12 bits per heavy atom. The predicted molar refractivity (Wildman–Crippen MR) is 100 cm³/mol. The van der Waals surface area contributed by atoms with E-state index in [1.54, 1.807) is 12.1 Å². The number of rotatable bonds is 6. The summed E-state index contributed by atoms with van der Waals surface area (Å²) >= 11 is 0. The first-order valence-electron chi connectivity index (χ1n) is 8.96. The molecule has 1 aliphatic rings. The number of carbonyl (C=O) groups is 1. The quantitative estimate of drug-likeness (QED) is 0.777. The number of likely N-dealkylation sites (N-methyl/N-ethyl adjacent to an activating group) is 2. The minimum absolute atomic E-state index is 0.0392. The molecule has 0 radical (unpaired) electrons. The third kappa shape index (κ3) is 5.28. The zero-order valence-electron chi connectivity index (χ0n) is 15.7. The minimum Gasteiger partial charge on any atom is -0.342 e. The van der Waals surface area contributed by atoms with Gasteiger partial charge in [-0.3, -0.25) is 9.69 Å². The molecule has 0 aromatic heterocycles. The van der Waals surface area contributed by atoms with Crippen molar-refractivity contribution < 1.29 is 13.2 Å². The van der Waals surface area contributed by atoms with Crippen LogP contribution in [0.5, 0.6) is 0 Å². The molecule has 0 N–H and O–H groups in total. The molecule has 1 atom stereocenters. The average Bonchev–Trinajstić information content (AvgIpc) is 2.60. The number of benzene rings is 1. The molecule has 25 heavy (non-hydrogen) atoms. The maximum atomic E-state index is 12.6. The van der Waals surface area contributed by atoms with Gasteiger partial charge in [0.05, 0.1) is 11.4 Å². The first-order valence-corrected chi connectivity index (χ1v) is 10.8. The van der Waals surface area contributed by atoms with Gasteiger partial charge in [-0.1, -0.05) is 31.4 Å². The summed E-state index contributed by atoms with van der Waals surface area (Å²) in [4.78, 5) is 16.8. The lowest BCUT2D eigenvalue weighted by atomic mass is 9.94.